The second-order valence-electron chi connectivity index (χ2n) is 9.95. The Morgan fingerprint density at radius 1 is 0.875 bits per heavy atom. The average Bonchev–Trinajstić information content (AvgIpc) is 2.69. The lowest BCUT2D eigenvalue weighted by molar-refractivity contribution is -0.141. The van der Waals surface area contributed by atoms with Crippen LogP contribution in [0.25, 0.3) is 0 Å². The maximum atomic E-state index is 12.3. The number of carbonyl (C=O) groups excluding carboxylic acids is 1. The Balaban J connectivity index is 2.53. The molecule has 0 aromatic heterocycles. The lowest BCUT2D eigenvalue weighted by atomic mass is 10.2. The van der Waals surface area contributed by atoms with Crippen molar-refractivity contribution in [1.82, 2.24) is 5.32 Å². The Kier molecular flexibility index (Phi) is 7.91. The highest BCUT2D eigenvalue weighted by atomic mass is 28.4. The number of amides is 1. The van der Waals surface area contributed by atoms with Crippen LogP contribution in [-0.4, -0.2) is 43.2 Å². The van der Waals surface area contributed by atoms with Crippen molar-refractivity contribution >= 4 is 30.8 Å². The topological polar surface area (TPSA) is 84.9 Å². The maximum Gasteiger partial charge on any atom is 0.408 e. The number of carboxylic acid groups (broad SMARTS) is 1. The van der Waals surface area contributed by atoms with E-state index in [1.54, 1.807) is 27.7 Å². The Labute approximate surface area is 192 Å². The zero-order valence-corrected chi connectivity index (χ0v) is 21.0. The molecule has 2 aromatic rings. The molecule has 0 bridgehead atoms. The van der Waals surface area contributed by atoms with E-state index in [0.717, 1.165) is 10.4 Å². The number of carbonyl (C=O) groups is 2. The molecule has 1 unspecified atom stereocenters. The first-order valence-corrected chi connectivity index (χ1v) is 12.7. The van der Waals surface area contributed by atoms with Crippen LogP contribution in [0.3, 0.4) is 0 Å². The van der Waals surface area contributed by atoms with E-state index < -0.39 is 38.1 Å². The maximum absolute atomic E-state index is 12.3. The van der Waals surface area contributed by atoms with E-state index in [1.165, 1.54) is 0 Å². The largest absolute Gasteiger partial charge is 0.480 e. The predicted molar refractivity (Wildman–Crippen MR) is 129 cm³/mol. The summed E-state index contributed by atoms with van der Waals surface area (Å²) in [6.07, 6.45) is -1.60. The molecule has 32 heavy (non-hydrogen) atoms. The van der Waals surface area contributed by atoms with Crippen LogP contribution in [0.15, 0.2) is 60.7 Å². The van der Waals surface area contributed by atoms with Crippen LogP contribution in [-0.2, 0) is 14.0 Å². The minimum Gasteiger partial charge on any atom is -0.480 e. The number of hydrogen-bond donors (Lipinski definition) is 2. The van der Waals surface area contributed by atoms with Gasteiger partial charge in [-0.05, 0) is 43.1 Å². The van der Waals surface area contributed by atoms with Gasteiger partial charge in [-0.1, -0.05) is 81.4 Å². The fourth-order valence-corrected chi connectivity index (χ4v) is 8.56. The van der Waals surface area contributed by atoms with Gasteiger partial charge in [0.2, 0.25) is 0 Å². The SMILES string of the molecule is CC(O[Si](c1ccccc1)(c1ccccc1)C(C)(C)C)[C@H](NC(=O)OC(C)(C)C)C(=O)O. The Morgan fingerprint density at radius 2 is 1.31 bits per heavy atom. The molecule has 0 fully saturated rings. The standard InChI is InChI=1S/C25H35NO5Si/c1-18(21(22(27)28)26-23(29)30-24(2,3)4)31-32(25(5,6)7,19-14-10-8-11-15-19)20-16-12-9-13-17-20/h8-18,21H,1-7H3,(H,26,29)(H,27,28)/t18?,21-/m0/s1. The van der Waals surface area contributed by atoms with Crippen LogP contribution >= 0.6 is 0 Å². The van der Waals surface area contributed by atoms with Gasteiger partial charge in [0.25, 0.3) is 8.32 Å². The minimum atomic E-state index is -2.97. The third-order valence-corrected chi connectivity index (χ3v) is 10.3. The molecule has 0 spiro atoms. The first kappa shape index (κ1) is 25.6. The zero-order valence-electron chi connectivity index (χ0n) is 20.0. The number of alkyl carbamates (subject to hydrolysis) is 1. The Morgan fingerprint density at radius 3 is 1.66 bits per heavy atom. The molecule has 7 heteroatoms. The van der Waals surface area contributed by atoms with Crippen LogP contribution in [0.2, 0.25) is 5.04 Å². The number of aliphatic carboxylic acids is 1. The first-order valence-electron chi connectivity index (χ1n) is 10.8. The fourth-order valence-electron chi connectivity index (χ4n) is 3.85. The number of ether oxygens (including phenoxy) is 1. The number of carboxylic acids is 1. The Bertz CT molecular complexity index is 864. The lowest BCUT2D eigenvalue weighted by Crippen LogP contribution is -2.69. The van der Waals surface area contributed by atoms with Crippen LogP contribution in [0, 0.1) is 0 Å². The summed E-state index contributed by atoms with van der Waals surface area (Å²) in [5.41, 5.74) is -0.741. The summed E-state index contributed by atoms with van der Waals surface area (Å²) in [4.78, 5) is 24.5. The molecular formula is C25H35NO5Si. The van der Waals surface area contributed by atoms with Gasteiger partial charge in [-0.25, -0.2) is 9.59 Å². The summed E-state index contributed by atoms with van der Waals surface area (Å²) in [6.45, 7) is 13.2. The normalized spacial score (nSPS) is 14.3. The molecule has 1 amide bonds. The van der Waals surface area contributed by atoms with E-state index >= 15 is 0 Å². The van der Waals surface area contributed by atoms with E-state index in [-0.39, 0.29) is 5.04 Å². The summed E-state index contributed by atoms with van der Waals surface area (Å²) in [5.74, 6) is -1.18. The van der Waals surface area contributed by atoms with Gasteiger partial charge in [-0.2, -0.15) is 0 Å². The zero-order chi connectivity index (χ0) is 24.2. The van der Waals surface area contributed by atoms with Gasteiger partial charge in [0, 0.05) is 0 Å². The van der Waals surface area contributed by atoms with Crippen molar-refractivity contribution in [2.24, 2.45) is 0 Å². The second-order valence-corrected chi connectivity index (χ2v) is 14.2. The highest BCUT2D eigenvalue weighted by molar-refractivity contribution is 6.99. The summed E-state index contributed by atoms with van der Waals surface area (Å²) in [7, 11) is -2.97. The molecule has 0 saturated heterocycles. The quantitative estimate of drug-likeness (QED) is 0.616. The van der Waals surface area contributed by atoms with Gasteiger partial charge >= 0.3 is 12.1 Å². The number of hydrogen-bond acceptors (Lipinski definition) is 4. The van der Waals surface area contributed by atoms with Gasteiger partial charge in [0.15, 0.2) is 6.04 Å². The molecular weight excluding hydrogens is 422 g/mol. The molecule has 0 aliphatic heterocycles. The molecule has 6 nitrogen and oxygen atoms in total. The van der Waals surface area contributed by atoms with Crippen LogP contribution in [0.4, 0.5) is 4.79 Å². The molecule has 2 rings (SSSR count). The van der Waals surface area contributed by atoms with Gasteiger partial charge in [-0.15, -0.1) is 0 Å². The van der Waals surface area contributed by atoms with Crippen molar-refractivity contribution in [2.45, 2.75) is 71.3 Å². The number of benzene rings is 2. The lowest BCUT2D eigenvalue weighted by Gasteiger charge is -2.45. The van der Waals surface area contributed by atoms with Gasteiger partial charge in [-0.3, -0.25) is 0 Å². The monoisotopic (exact) mass is 457 g/mol. The smallest absolute Gasteiger partial charge is 0.408 e. The van der Waals surface area contributed by atoms with E-state index in [1.807, 2.05) is 60.7 Å². The van der Waals surface area contributed by atoms with E-state index in [2.05, 4.69) is 26.1 Å². The van der Waals surface area contributed by atoms with Gasteiger partial charge < -0.3 is 19.6 Å². The molecule has 2 aromatic carbocycles. The highest BCUT2D eigenvalue weighted by Crippen LogP contribution is 2.37. The van der Waals surface area contributed by atoms with Crippen molar-refractivity contribution in [3.63, 3.8) is 0 Å². The van der Waals surface area contributed by atoms with E-state index in [0.29, 0.717) is 0 Å². The van der Waals surface area contributed by atoms with Crippen LogP contribution in [0.5, 0.6) is 0 Å². The predicted octanol–water partition coefficient (Wildman–Crippen LogP) is 3.93. The number of nitrogens with one attached hydrogen (secondary N) is 1. The molecule has 2 atom stereocenters. The van der Waals surface area contributed by atoms with Gasteiger partial charge in [0.1, 0.15) is 5.60 Å². The minimum absolute atomic E-state index is 0.320. The fraction of sp³-hybridized carbons (Fsp3) is 0.440. The highest BCUT2D eigenvalue weighted by Gasteiger charge is 2.52. The van der Waals surface area contributed by atoms with Crippen molar-refractivity contribution in [3.05, 3.63) is 60.7 Å². The molecule has 0 heterocycles. The van der Waals surface area contributed by atoms with Crippen LogP contribution in [0.1, 0.15) is 48.5 Å². The summed E-state index contributed by atoms with van der Waals surface area (Å²) < 4.78 is 12.1. The van der Waals surface area contributed by atoms with Crippen molar-refractivity contribution in [1.29, 1.82) is 0 Å². The summed E-state index contributed by atoms with van der Waals surface area (Å²) in [6, 6.07) is 18.6. The second kappa shape index (κ2) is 9.88. The summed E-state index contributed by atoms with van der Waals surface area (Å²) in [5, 5.41) is 14.1. The molecule has 2 N–H and O–H groups in total. The van der Waals surface area contributed by atoms with Crippen molar-refractivity contribution < 1.29 is 23.9 Å². The van der Waals surface area contributed by atoms with Gasteiger partial charge in [0.05, 0.1) is 6.10 Å². The van der Waals surface area contributed by atoms with Crippen molar-refractivity contribution in [3.8, 4) is 0 Å². The molecule has 174 valence electrons. The van der Waals surface area contributed by atoms with Crippen LogP contribution < -0.4 is 15.7 Å². The Hall–Kier alpha value is -2.64. The summed E-state index contributed by atoms with van der Waals surface area (Å²) >= 11 is 0. The molecule has 0 aliphatic rings. The molecule has 0 aliphatic carbocycles. The third kappa shape index (κ3) is 5.98. The van der Waals surface area contributed by atoms with Crippen molar-refractivity contribution in [2.75, 3.05) is 0 Å². The molecule has 0 radical (unpaired) electrons. The third-order valence-electron chi connectivity index (χ3n) is 5.19. The average molecular weight is 458 g/mol. The van der Waals surface area contributed by atoms with E-state index in [9.17, 15) is 14.7 Å². The number of rotatable bonds is 7. The first-order chi connectivity index (χ1) is 14.8. The molecule has 0 saturated carbocycles. The van der Waals surface area contributed by atoms with E-state index in [4.69, 9.17) is 9.16 Å².